The van der Waals surface area contributed by atoms with Crippen LogP contribution < -0.4 is 14.9 Å². The number of phenolic OH excluding ortho intramolecular Hbond substituents is 2. The second-order valence-electron chi connectivity index (χ2n) is 13.1. The van der Waals surface area contributed by atoms with Crippen molar-refractivity contribution in [2.24, 2.45) is 0 Å². The van der Waals surface area contributed by atoms with Crippen LogP contribution in [0.1, 0.15) is 13.8 Å². The van der Waals surface area contributed by atoms with E-state index in [1.54, 1.807) is 0 Å². The highest BCUT2D eigenvalue weighted by Gasteiger charge is 2.51. The molecule has 3 aliphatic rings. The van der Waals surface area contributed by atoms with Gasteiger partial charge in [-0.1, -0.05) is 0 Å². The van der Waals surface area contributed by atoms with Crippen molar-refractivity contribution in [1.29, 1.82) is 0 Å². The van der Waals surface area contributed by atoms with Gasteiger partial charge in [0.2, 0.25) is 17.5 Å². The smallest absolute Gasteiger partial charge is 0.239 e. The lowest BCUT2D eigenvalue weighted by molar-refractivity contribution is -0.358. The molecule has 4 heterocycles. The number of methoxy groups -OCH3 is 1. The summed E-state index contributed by atoms with van der Waals surface area (Å²) >= 11 is 0. The Labute approximate surface area is 300 Å². The highest BCUT2D eigenvalue weighted by Crippen LogP contribution is 2.38. The lowest BCUT2D eigenvalue weighted by Gasteiger charge is -2.46. The number of hydrogen-bond donors (Lipinski definition) is 10. The van der Waals surface area contributed by atoms with Crippen LogP contribution in [-0.4, -0.2) is 157 Å². The molecule has 3 saturated heterocycles. The summed E-state index contributed by atoms with van der Waals surface area (Å²) in [5.74, 6) is -1.27. The first-order chi connectivity index (χ1) is 25.1. The second kappa shape index (κ2) is 15.6. The Morgan fingerprint density at radius 3 is 2.00 bits per heavy atom. The third-order valence-electron chi connectivity index (χ3n) is 9.48. The molecule has 10 N–H and O–H groups in total. The van der Waals surface area contributed by atoms with Crippen LogP contribution in [0.4, 0.5) is 0 Å². The molecule has 3 fully saturated rings. The molecule has 3 aromatic rings. The Bertz CT molecular complexity index is 1780. The molecule has 0 saturated carbocycles. The molecule has 0 unspecified atom stereocenters. The van der Waals surface area contributed by atoms with Gasteiger partial charge >= 0.3 is 0 Å². The van der Waals surface area contributed by atoms with Gasteiger partial charge in [-0.25, -0.2) is 0 Å². The Morgan fingerprint density at radius 2 is 1.32 bits per heavy atom. The Balaban J connectivity index is 1.23. The topological polar surface area (TPSA) is 297 Å². The predicted octanol–water partition coefficient (Wildman–Crippen LogP) is -2.24. The summed E-state index contributed by atoms with van der Waals surface area (Å²) in [5, 5.41) is 105. The summed E-state index contributed by atoms with van der Waals surface area (Å²) in [6, 6.07) is 7.93. The van der Waals surface area contributed by atoms with Crippen LogP contribution in [0.25, 0.3) is 22.3 Å². The van der Waals surface area contributed by atoms with Crippen molar-refractivity contribution >= 4 is 11.0 Å². The van der Waals surface area contributed by atoms with Gasteiger partial charge in [-0.05, 0) is 38.1 Å². The van der Waals surface area contributed by atoms with Crippen LogP contribution >= 0.6 is 0 Å². The fourth-order valence-electron chi connectivity index (χ4n) is 6.32. The van der Waals surface area contributed by atoms with E-state index < -0.39 is 116 Å². The molecule has 0 spiro atoms. The number of rotatable bonds is 9. The van der Waals surface area contributed by atoms with Crippen LogP contribution in [0.5, 0.6) is 23.0 Å². The zero-order chi connectivity index (χ0) is 38.5. The van der Waals surface area contributed by atoms with Gasteiger partial charge in [-0.3, -0.25) is 4.79 Å². The zero-order valence-electron chi connectivity index (χ0n) is 28.5. The predicted molar refractivity (Wildman–Crippen MR) is 175 cm³/mol. The number of phenols is 2. The molecule has 53 heavy (non-hydrogen) atoms. The van der Waals surface area contributed by atoms with Gasteiger partial charge in [0.05, 0.1) is 25.9 Å². The minimum atomic E-state index is -1.96. The summed E-state index contributed by atoms with van der Waals surface area (Å²) in [4.78, 5) is 13.9. The number of aliphatic hydroxyl groups is 8. The molecule has 0 bridgehead atoms. The lowest BCUT2D eigenvalue weighted by atomic mass is 9.97. The highest BCUT2D eigenvalue weighted by atomic mass is 16.7. The van der Waals surface area contributed by atoms with E-state index in [1.165, 1.54) is 57.4 Å². The standard InChI is InChI=1S/C34H42O19/c1-11-20(37)24(41)26(43)33(49-11)52-30-21(38)12(2)48-32(28(30)45)47-10-18-22(39)25(42)27(44)34(51-18)53-31-23(40)19-16(36)8-15(46-3)9-17(19)50-29(31)13-4-6-14(35)7-5-13/h4-9,11-12,18,20-22,24-28,30,32-39,41-45H,10H2,1-3H3/t11-,12+,18-,20+,21+,22-,24+,25-,26-,27-,28-,30+,32-,33+,34+/m1/s1. The first-order valence-electron chi connectivity index (χ1n) is 16.6. The summed E-state index contributed by atoms with van der Waals surface area (Å²) in [6.45, 7) is 2.19. The number of hydrogen-bond acceptors (Lipinski definition) is 19. The van der Waals surface area contributed by atoms with Crippen LogP contribution in [0.2, 0.25) is 0 Å². The summed E-state index contributed by atoms with van der Waals surface area (Å²) < 4.78 is 45.1. The molecule has 1 aromatic heterocycles. The number of ether oxygens (including phenoxy) is 7. The Kier molecular flexibility index (Phi) is 11.5. The van der Waals surface area contributed by atoms with Crippen molar-refractivity contribution in [1.82, 2.24) is 0 Å². The van der Waals surface area contributed by atoms with Gasteiger partial charge in [-0.15, -0.1) is 0 Å². The fourth-order valence-corrected chi connectivity index (χ4v) is 6.32. The fraction of sp³-hybridized carbons (Fsp3) is 0.559. The van der Waals surface area contributed by atoms with Crippen LogP contribution in [0, 0.1) is 0 Å². The van der Waals surface area contributed by atoms with Gasteiger partial charge < -0.3 is 88.6 Å². The average Bonchev–Trinajstić information content (AvgIpc) is 3.13. The number of fused-ring (bicyclic) bond motifs is 1. The number of benzene rings is 2. The minimum absolute atomic E-state index is 0.102. The molecule has 0 amide bonds. The molecule has 6 rings (SSSR count). The van der Waals surface area contributed by atoms with E-state index in [9.17, 15) is 55.9 Å². The van der Waals surface area contributed by atoms with E-state index in [-0.39, 0.29) is 33.8 Å². The summed E-state index contributed by atoms with van der Waals surface area (Å²) in [6.07, 6.45) is -23.9. The molecular weight excluding hydrogens is 712 g/mol. The molecule has 15 atom stereocenters. The van der Waals surface area contributed by atoms with Gasteiger partial charge in [0.15, 0.2) is 18.3 Å². The van der Waals surface area contributed by atoms with Crippen molar-refractivity contribution in [2.75, 3.05) is 13.7 Å². The molecule has 0 radical (unpaired) electrons. The molecule has 292 valence electrons. The number of aliphatic hydroxyl groups excluding tert-OH is 8. The normalized spacial score (nSPS) is 37.8. The van der Waals surface area contributed by atoms with E-state index in [4.69, 9.17) is 37.6 Å². The van der Waals surface area contributed by atoms with Crippen molar-refractivity contribution in [3.63, 3.8) is 0 Å². The summed E-state index contributed by atoms with van der Waals surface area (Å²) in [7, 11) is 1.34. The van der Waals surface area contributed by atoms with E-state index >= 15 is 0 Å². The van der Waals surface area contributed by atoms with E-state index in [0.29, 0.717) is 0 Å². The van der Waals surface area contributed by atoms with Gasteiger partial charge in [-0.2, -0.15) is 0 Å². The Hall–Kier alpha value is -3.67. The third kappa shape index (κ3) is 7.54. The quantitative estimate of drug-likeness (QED) is 0.110. The van der Waals surface area contributed by atoms with E-state index in [1.807, 2.05) is 0 Å². The highest BCUT2D eigenvalue weighted by molar-refractivity contribution is 5.88. The third-order valence-corrected chi connectivity index (χ3v) is 9.48. The molecule has 19 nitrogen and oxygen atoms in total. The van der Waals surface area contributed by atoms with Crippen molar-refractivity contribution in [3.8, 4) is 34.3 Å². The lowest BCUT2D eigenvalue weighted by Crippen LogP contribution is -2.64. The number of aromatic hydroxyl groups is 2. The molecule has 19 heteroatoms. The van der Waals surface area contributed by atoms with E-state index in [2.05, 4.69) is 0 Å². The minimum Gasteiger partial charge on any atom is -0.508 e. The van der Waals surface area contributed by atoms with E-state index in [0.717, 1.165) is 0 Å². The Morgan fingerprint density at radius 1 is 0.698 bits per heavy atom. The van der Waals surface area contributed by atoms with Crippen molar-refractivity contribution in [3.05, 3.63) is 46.6 Å². The second-order valence-corrected chi connectivity index (χ2v) is 13.1. The summed E-state index contributed by atoms with van der Waals surface area (Å²) in [5.41, 5.74) is -0.804. The first-order valence-corrected chi connectivity index (χ1v) is 16.6. The monoisotopic (exact) mass is 754 g/mol. The maximum Gasteiger partial charge on any atom is 0.239 e. The maximum atomic E-state index is 13.9. The molecule has 0 aliphatic carbocycles. The van der Waals surface area contributed by atoms with Crippen LogP contribution in [0.3, 0.4) is 0 Å². The van der Waals surface area contributed by atoms with Crippen LogP contribution in [-0.2, 0) is 23.7 Å². The first kappa shape index (κ1) is 39.0. The van der Waals surface area contributed by atoms with Crippen LogP contribution in [0.15, 0.2) is 45.6 Å². The van der Waals surface area contributed by atoms with Gasteiger partial charge in [0.25, 0.3) is 0 Å². The van der Waals surface area contributed by atoms with Gasteiger partial charge in [0, 0.05) is 17.7 Å². The van der Waals surface area contributed by atoms with Crippen molar-refractivity contribution < 1.29 is 88.6 Å². The van der Waals surface area contributed by atoms with Gasteiger partial charge in [0.1, 0.15) is 89.3 Å². The molecule has 2 aromatic carbocycles. The zero-order valence-corrected chi connectivity index (χ0v) is 28.5. The van der Waals surface area contributed by atoms with Crippen molar-refractivity contribution in [2.45, 2.75) is 106 Å². The SMILES string of the molecule is COc1cc(O)c2c(=O)c(O[C@@H]3O[C@H](CO[C@@H]4O[C@@H](C)[C@H](O)[C@H](O[C@@H]5O[C@H](C)[C@H](O)[C@H](O)[C@H]5O)[C@H]4O)[C@@H](O)[C@@H](O)[C@H]3O)c(-c3ccc(O)cc3)oc2c1. The largest absolute Gasteiger partial charge is 0.508 e. The maximum absolute atomic E-state index is 13.9. The average molecular weight is 755 g/mol. The molecular formula is C34H42O19. The molecule has 3 aliphatic heterocycles.